The molecule has 3 N–H and O–H groups in total. The van der Waals surface area contributed by atoms with Gasteiger partial charge in [0.25, 0.3) is 5.91 Å². The van der Waals surface area contributed by atoms with Gasteiger partial charge in [-0.2, -0.15) is 0 Å². The summed E-state index contributed by atoms with van der Waals surface area (Å²) >= 11 is 4.85. The van der Waals surface area contributed by atoms with Crippen LogP contribution in [0.25, 0.3) is 0 Å². The van der Waals surface area contributed by atoms with Gasteiger partial charge in [-0.3, -0.25) is 4.79 Å². The van der Waals surface area contributed by atoms with Gasteiger partial charge in [-0.25, -0.2) is 0 Å². The fourth-order valence-corrected chi connectivity index (χ4v) is 3.01. The van der Waals surface area contributed by atoms with E-state index < -0.39 is 0 Å². The fourth-order valence-electron chi connectivity index (χ4n) is 1.77. The molecule has 0 radical (unpaired) electrons. The smallest absolute Gasteiger partial charge is 0.265 e. The number of nitrogens with two attached hydrogens (primary N) is 1. The molecule has 1 aromatic carbocycles. The summed E-state index contributed by atoms with van der Waals surface area (Å²) in [5, 5.41) is 2.94. The first-order valence-corrected chi connectivity index (χ1v) is 7.58. The number of aryl methyl sites for hydroxylation is 2. The zero-order valence-electron chi connectivity index (χ0n) is 10.8. The number of thiophene rings is 1. The van der Waals surface area contributed by atoms with E-state index in [1.165, 1.54) is 11.3 Å². The van der Waals surface area contributed by atoms with E-state index in [9.17, 15) is 4.79 Å². The van der Waals surface area contributed by atoms with Crippen molar-refractivity contribution in [1.29, 1.82) is 0 Å². The summed E-state index contributed by atoms with van der Waals surface area (Å²) in [5.74, 6) is -0.109. The van der Waals surface area contributed by atoms with Crippen molar-refractivity contribution in [2.24, 2.45) is 0 Å². The summed E-state index contributed by atoms with van der Waals surface area (Å²) in [7, 11) is 0. The molecule has 0 aliphatic rings. The molecule has 0 fully saturated rings. The van der Waals surface area contributed by atoms with Gasteiger partial charge in [-0.1, -0.05) is 22.9 Å². The van der Waals surface area contributed by atoms with E-state index in [2.05, 4.69) is 28.2 Å². The van der Waals surface area contributed by atoms with E-state index in [-0.39, 0.29) is 5.91 Å². The van der Waals surface area contributed by atoms with Crippen molar-refractivity contribution in [3.8, 4) is 0 Å². The highest BCUT2D eigenvalue weighted by Gasteiger charge is 2.12. The van der Waals surface area contributed by atoms with Crippen LogP contribution >= 0.6 is 27.3 Å². The molecule has 3 nitrogen and oxygen atoms in total. The molecule has 1 heterocycles. The van der Waals surface area contributed by atoms with Crippen molar-refractivity contribution in [2.45, 2.75) is 20.3 Å². The summed E-state index contributed by atoms with van der Waals surface area (Å²) in [5.41, 5.74) is 8.39. The van der Waals surface area contributed by atoms with Crippen molar-refractivity contribution >= 4 is 44.5 Å². The predicted molar refractivity (Wildman–Crippen MR) is 84.9 cm³/mol. The Morgan fingerprint density at radius 2 is 2.16 bits per heavy atom. The highest BCUT2D eigenvalue weighted by molar-refractivity contribution is 9.10. The number of carbonyl (C=O) groups excluding carboxylic acids is 1. The SMILES string of the molecule is CCc1cc(Br)ccc1NC(=O)c1cc(N)c(C)s1. The lowest BCUT2D eigenvalue weighted by molar-refractivity contribution is 0.103. The van der Waals surface area contributed by atoms with E-state index in [0.717, 1.165) is 27.0 Å². The number of amides is 1. The first-order chi connectivity index (χ1) is 9.01. The molecule has 2 aromatic rings. The molecule has 0 bridgehead atoms. The highest BCUT2D eigenvalue weighted by Crippen LogP contribution is 2.26. The van der Waals surface area contributed by atoms with Crippen molar-refractivity contribution in [3.63, 3.8) is 0 Å². The number of benzene rings is 1. The van der Waals surface area contributed by atoms with Crippen LogP contribution in [0.3, 0.4) is 0 Å². The van der Waals surface area contributed by atoms with Gasteiger partial charge in [0, 0.05) is 20.7 Å². The average molecular weight is 339 g/mol. The third-order valence-corrected chi connectivity index (χ3v) is 4.43. The lowest BCUT2D eigenvalue weighted by atomic mass is 10.1. The van der Waals surface area contributed by atoms with Gasteiger partial charge in [0.1, 0.15) is 0 Å². The van der Waals surface area contributed by atoms with Crippen molar-refractivity contribution in [2.75, 3.05) is 11.1 Å². The lowest BCUT2D eigenvalue weighted by Crippen LogP contribution is -2.11. The molecule has 0 saturated heterocycles. The third kappa shape index (κ3) is 3.16. The minimum Gasteiger partial charge on any atom is -0.398 e. The molecule has 0 aliphatic carbocycles. The summed E-state index contributed by atoms with van der Waals surface area (Å²) in [6.45, 7) is 3.97. The molecule has 5 heteroatoms. The Kier molecular flexibility index (Phi) is 4.27. The molecule has 0 saturated carbocycles. The maximum absolute atomic E-state index is 12.2. The predicted octanol–water partition coefficient (Wildman–Crippen LogP) is 4.22. The number of nitrogen functional groups attached to an aromatic ring is 1. The monoisotopic (exact) mass is 338 g/mol. The summed E-state index contributed by atoms with van der Waals surface area (Å²) < 4.78 is 1.01. The van der Waals surface area contributed by atoms with Gasteiger partial charge in [0.15, 0.2) is 0 Å². The van der Waals surface area contributed by atoms with Crippen LogP contribution in [0.5, 0.6) is 0 Å². The van der Waals surface area contributed by atoms with Crippen LogP contribution in [0, 0.1) is 6.92 Å². The first-order valence-electron chi connectivity index (χ1n) is 5.97. The molecule has 0 spiro atoms. The van der Waals surface area contributed by atoms with Gasteiger partial charge < -0.3 is 11.1 Å². The minimum atomic E-state index is -0.109. The van der Waals surface area contributed by atoms with Gasteiger partial charge in [-0.15, -0.1) is 11.3 Å². The zero-order valence-corrected chi connectivity index (χ0v) is 13.2. The molecule has 0 aliphatic heterocycles. The molecule has 0 atom stereocenters. The Labute approximate surface area is 125 Å². The van der Waals surface area contributed by atoms with Crippen LogP contribution in [-0.2, 0) is 6.42 Å². The van der Waals surface area contributed by atoms with Crippen molar-refractivity contribution < 1.29 is 4.79 Å². The number of hydrogen-bond donors (Lipinski definition) is 2. The van der Waals surface area contributed by atoms with Crippen LogP contribution in [0.4, 0.5) is 11.4 Å². The maximum atomic E-state index is 12.2. The Morgan fingerprint density at radius 1 is 1.42 bits per heavy atom. The summed E-state index contributed by atoms with van der Waals surface area (Å²) in [4.78, 5) is 13.8. The standard InChI is InChI=1S/C14H15BrN2OS/c1-3-9-6-10(15)4-5-12(9)17-14(18)13-7-11(16)8(2)19-13/h4-7H,3,16H2,1-2H3,(H,17,18). The van der Waals surface area contributed by atoms with Crippen LogP contribution in [0.2, 0.25) is 0 Å². The maximum Gasteiger partial charge on any atom is 0.265 e. The molecule has 1 aromatic heterocycles. The van der Waals surface area contributed by atoms with Gasteiger partial charge in [-0.05, 0) is 43.2 Å². The van der Waals surface area contributed by atoms with Crippen molar-refractivity contribution in [3.05, 3.63) is 44.1 Å². The summed E-state index contributed by atoms with van der Waals surface area (Å²) in [6, 6.07) is 7.57. The lowest BCUT2D eigenvalue weighted by Gasteiger charge is -2.09. The topological polar surface area (TPSA) is 55.1 Å². The van der Waals surface area contributed by atoms with Crippen LogP contribution in [-0.4, -0.2) is 5.91 Å². The van der Waals surface area contributed by atoms with E-state index in [1.54, 1.807) is 6.07 Å². The van der Waals surface area contributed by atoms with Crippen LogP contribution in [0.1, 0.15) is 27.0 Å². The Balaban J connectivity index is 2.23. The van der Waals surface area contributed by atoms with Crippen LogP contribution < -0.4 is 11.1 Å². The Hall–Kier alpha value is -1.33. The number of hydrogen-bond acceptors (Lipinski definition) is 3. The second-order valence-electron chi connectivity index (χ2n) is 4.23. The molecule has 19 heavy (non-hydrogen) atoms. The number of nitrogens with one attached hydrogen (secondary N) is 1. The van der Waals surface area contributed by atoms with Gasteiger partial charge in [0.2, 0.25) is 0 Å². The quantitative estimate of drug-likeness (QED) is 0.880. The fraction of sp³-hybridized carbons (Fsp3) is 0.214. The third-order valence-electron chi connectivity index (χ3n) is 2.88. The molecular weight excluding hydrogens is 324 g/mol. The van der Waals surface area contributed by atoms with E-state index in [4.69, 9.17) is 5.73 Å². The number of carbonyl (C=O) groups is 1. The summed E-state index contributed by atoms with van der Waals surface area (Å²) in [6.07, 6.45) is 0.862. The number of anilines is 2. The molecule has 1 amide bonds. The van der Waals surface area contributed by atoms with Gasteiger partial charge in [0.05, 0.1) is 4.88 Å². The molecule has 100 valence electrons. The van der Waals surface area contributed by atoms with Crippen molar-refractivity contribution in [1.82, 2.24) is 0 Å². The minimum absolute atomic E-state index is 0.109. The second kappa shape index (κ2) is 5.75. The normalized spacial score (nSPS) is 10.5. The number of halogens is 1. The second-order valence-corrected chi connectivity index (χ2v) is 6.40. The van der Waals surface area contributed by atoms with Gasteiger partial charge >= 0.3 is 0 Å². The molecular formula is C14H15BrN2OS. The zero-order chi connectivity index (χ0) is 14.0. The largest absolute Gasteiger partial charge is 0.398 e. The first kappa shape index (κ1) is 14.1. The van der Waals surface area contributed by atoms with Crippen LogP contribution in [0.15, 0.2) is 28.7 Å². The van der Waals surface area contributed by atoms with E-state index in [0.29, 0.717) is 10.6 Å². The van der Waals surface area contributed by atoms with E-state index in [1.807, 2.05) is 25.1 Å². The highest BCUT2D eigenvalue weighted by atomic mass is 79.9. The average Bonchev–Trinajstić information content (AvgIpc) is 2.72. The Bertz CT molecular complexity index is 602. The van der Waals surface area contributed by atoms with E-state index >= 15 is 0 Å². The number of rotatable bonds is 3. The Morgan fingerprint density at radius 3 is 2.74 bits per heavy atom. The molecule has 2 rings (SSSR count). The molecule has 0 unspecified atom stereocenters.